The predicted molar refractivity (Wildman–Crippen MR) is 108 cm³/mol. The standard InChI is InChI=1S/C23H23NO/c1-3-5-6-7-8-9-14-19(12-4-2)22-20-15-11-10-13-18(20)16-17-21(22)23(24)25/h3-4,6-11,13-17H,1-2,5,12H2,(H2,24,25)/b7-6+,9-8+,19-14-. The molecule has 1 amide bonds. The third-order valence-electron chi connectivity index (χ3n) is 3.84. The summed E-state index contributed by atoms with van der Waals surface area (Å²) >= 11 is 0. The van der Waals surface area contributed by atoms with Crippen LogP contribution in [0.3, 0.4) is 0 Å². The first kappa shape index (κ1) is 18.2. The van der Waals surface area contributed by atoms with Gasteiger partial charge in [0.2, 0.25) is 5.91 Å². The van der Waals surface area contributed by atoms with Crippen LogP contribution in [0.2, 0.25) is 0 Å². The predicted octanol–water partition coefficient (Wildman–Crippen LogP) is 5.59. The van der Waals surface area contributed by atoms with Gasteiger partial charge >= 0.3 is 0 Å². The lowest BCUT2D eigenvalue weighted by Gasteiger charge is -2.13. The summed E-state index contributed by atoms with van der Waals surface area (Å²) in [5, 5.41) is 2.09. The highest BCUT2D eigenvalue weighted by molar-refractivity contribution is 6.06. The average molecular weight is 329 g/mol. The molecule has 0 aliphatic rings. The molecule has 0 atom stereocenters. The molecular formula is C23H23NO. The van der Waals surface area contributed by atoms with Crippen LogP contribution >= 0.6 is 0 Å². The third kappa shape index (κ3) is 4.67. The van der Waals surface area contributed by atoms with E-state index < -0.39 is 5.91 Å². The van der Waals surface area contributed by atoms with Crippen molar-refractivity contribution in [3.8, 4) is 0 Å². The van der Waals surface area contributed by atoms with E-state index in [1.54, 1.807) is 6.07 Å². The highest BCUT2D eigenvalue weighted by Gasteiger charge is 2.14. The van der Waals surface area contributed by atoms with Crippen LogP contribution in [0.1, 0.15) is 28.8 Å². The van der Waals surface area contributed by atoms with Gasteiger partial charge in [0.1, 0.15) is 0 Å². The molecule has 25 heavy (non-hydrogen) atoms. The summed E-state index contributed by atoms with van der Waals surface area (Å²) in [5.41, 5.74) is 8.04. The molecule has 0 unspecified atom stereocenters. The number of hydrogen-bond donors (Lipinski definition) is 1. The summed E-state index contributed by atoms with van der Waals surface area (Å²) in [6.07, 6.45) is 15.1. The van der Waals surface area contributed by atoms with Crippen LogP contribution in [0.4, 0.5) is 0 Å². The zero-order chi connectivity index (χ0) is 18.1. The topological polar surface area (TPSA) is 43.1 Å². The van der Waals surface area contributed by atoms with Crippen molar-refractivity contribution in [2.45, 2.75) is 12.8 Å². The van der Waals surface area contributed by atoms with Gasteiger partial charge in [-0.05, 0) is 40.8 Å². The minimum Gasteiger partial charge on any atom is -0.366 e. The van der Waals surface area contributed by atoms with Gasteiger partial charge in [-0.2, -0.15) is 0 Å². The van der Waals surface area contributed by atoms with Crippen molar-refractivity contribution in [2.24, 2.45) is 5.73 Å². The fourth-order valence-corrected chi connectivity index (χ4v) is 2.72. The maximum Gasteiger partial charge on any atom is 0.249 e. The Kier molecular flexibility index (Phi) is 6.73. The summed E-state index contributed by atoms with van der Waals surface area (Å²) in [4.78, 5) is 12.0. The zero-order valence-corrected chi connectivity index (χ0v) is 14.3. The van der Waals surface area contributed by atoms with Gasteiger partial charge in [0.05, 0.1) is 0 Å². The Balaban J connectivity index is 2.56. The Morgan fingerprint density at radius 3 is 2.52 bits per heavy atom. The number of nitrogens with two attached hydrogens (primary N) is 1. The molecule has 0 bridgehead atoms. The molecule has 0 aromatic heterocycles. The third-order valence-corrected chi connectivity index (χ3v) is 3.84. The van der Waals surface area contributed by atoms with Crippen molar-refractivity contribution in [3.63, 3.8) is 0 Å². The number of primary amides is 1. The molecule has 0 saturated heterocycles. The minimum atomic E-state index is -0.425. The molecule has 0 aliphatic carbocycles. The van der Waals surface area contributed by atoms with E-state index in [1.165, 1.54) is 0 Å². The van der Waals surface area contributed by atoms with Crippen molar-refractivity contribution < 1.29 is 4.79 Å². The second-order valence-electron chi connectivity index (χ2n) is 5.60. The molecule has 0 saturated carbocycles. The molecule has 2 aromatic rings. The van der Waals surface area contributed by atoms with Gasteiger partial charge in [-0.15, -0.1) is 13.2 Å². The monoisotopic (exact) mass is 329 g/mol. The SMILES string of the molecule is C=CC/C=C/C=C/C=C(/CC=C)c1c(C(N)=O)ccc2ccccc12. The molecule has 0 aliphatic heterocycles. The van der Waals surface area contributed by atoms with Gasteiger partial charge < -0.3 is 5.73 Å². The number of carbonyl (C=O) groups excluding carboxylic acids is 1. The Hall–Kier alpha value is -3.13. The number of carbonyl (C=O) groups is 1. The van der Waals surface area contributed by atoms with E-state index >= 15 is 0 Å². The normalized spacial score (nSPS) is 12.1. The molecule has 0 heterocycles. The summed E-state index contributed by atoms with van der Waals surface area (Å²) in [7, 11) is 0. The maximum atomic E-state index is 12.0. The molecule has 2 N–H and O–H groups in total. The first-order chi connectivity index (χ1) is 12.2. The second-order valence-corrected chi connectivity index (χ2v) is 5.60. The van der Waals surface area contributed by atoms with Gasteiger partial charge in [-0.25, -0.2) is 0 Å². The fourth-order valence-electron chi connectivity index (χ4n) is 2.72. The van der Waals surface area contributed by atoms with E-state index in [0.717, 1.165) is 28.3 Å². The maximum absolute atomic E-state index is 12.0. The smallest absolute Gasteiger partial charge is 0.249 e. The lowest BCUT2D eigenvalue weighted by molar-refractivity contribution is 0.1000. The summed E-state index contributed by atoms with van der Waals surface area (Å²) in [5.74, 6) is -0.425. The van der Waals surface area contributed by atoms with Crippen LogP contribution in [0, 0.1) is 0 Å². The fraction of sp³-hybridized carbons (Fsp3) is 0.0870. The molecule has 0 radical (unpaired) electrons. The number of fused-ring (bicyclic) bond motifs is 1. The summed E-state index contributed by atoms with van der Waals surface area (Å²) in [6.45, 7) is 7.53. The highest BCUT2D eigenvalue weighted by atomic mass is 16.1. The van der Waals surface area contributed by atoms with E-state index in [2.05, 4.69) is 13.2 Å². The van der Waals surface area contributed by atoms with Crippen LogP contribution in [-0.2, 0) is 0 Å². The molecule has 2 nitrogen and oxygen atoms in total. The Labute approximate surface area is 149 Å². The molecule has 2 heteroatoms. The second kappa shape index (κ2) is 9.24. The molecule has 126 valence electrons. The van der Waals surface area contributed by atoms with Gasteiger partial charge in [-0.1, -0.05) is 72.9 Å². The van der Waals surface area contributed by atoms with Crippen LogP contribution in [0.25, 0.3) is 16.3 Å². The minimum absolute atomic E-state index is 0.425. The van der Waals surface area contributed by atoms with Gasteiger partial charge in [-0.3, -0.25) is 4.79 Å². The summed E-state index contributed by atoms with van der Waals surface area (Å²) in [6, 6.07) is 11.7. The van der Waals surface area contributed by atoms with Crippen LogP contribution in [0.15, 0.2) is 92.1 Å². The Morgan fingerprint density at radius 2 is 1.80 bits per heavy atom. The number of benzene rings is 2. The van der Waals surface area contributed by atoms with Gasteiger partial charge in [0.15, 0.2) is 0 Å². The van der Waals surface area contributed by atoms with E-state index in [9.17, 15) is 4.79 Å². The molecule has 0 fully saturated rings. The lowest BCUT2D eigenvalue weighted by atomic mass is 9.91. The first-order valence-electron chi connectivity index (χ1n) is 8.25. The molecule has 2 aromatic carbocycles. The summed E-state index contributed by atoms with van der Waals surface area (Å²) < 4.78 is 0. The lowest BCUT2D eigenvalue weighted by Crippen LogP contribution is -2.13. The highest BCUT2D eigenvalue weighted by Crippen LogP contribution is 2.31. The van der Waals surface area contributed by atoms with E-state index in [1.807, 2.05) is 72.9 Å². The zero-order valence-electron chi connectivity index (χ0n) is 14.3. The van der Waals surface area contributed by atoms with Gasteiger partial charge in [0, 0.05) is 5.56 Å². The van der Waals surface area contributed by atoms with E-state index in [4.69, 9.17) is 5.73 Å². The van der Waals surface area contributed by atoms with Crippen molar-refractivity contribution in [1.29, 1.82) is 0 Å². The average Bonchev–Trinajstić information content (AvgIpc) is 2.62. The van der Waals surface area contributed by atoms with Crippen LogP contribution in [0.5, 0.6) is 0 Å². The van der Waals surface area contributed by atoms with E-state index in [0.29, 0.717) is 12.0 Å². The first-order valence-corrected chi connectivity index (χ1v) is 8.25. The van der Waals surface area contributed by atoms with Crippen molar-refractivity contribution >= 4 is 22.3 Å². The molecule has 2 rings (SSSR count). The number of allylic oxidation sites excluding steroid dienone is 8. The van der Waals surface area contributed by atoms with Crippen LogP contribution in [-0.4, -0.2) is 5.91 Å². The van der Waals surface area contributed by atoms with Crippen molar-refractivity contribution in [1.82, 2.24) is 0 Å². The molecular weight excluding hydrogens is 306 g/mol. The van der Waals surface area contributed by atoms with Crippen molar-refractivity contribution in [3.05, 3.63) is 103 Å². The van der Waals surface area contributed by atoms with Crippen LogP contribution < -0.4 is 5.73 Å². The van der Waals surface area contributed by atoms with Gasteiger partial charge in [0.25, 0.3) is 0 Å². The largest absolute Gasteiger partial charge is 0.366 e. The van der Waals surface area contributed by atoms with E-state index in [-0.39, 0.29) is 0 Å². The number of hydrogen-bond acceptors (Lipinski definition) is 1. The Bertz CT molecular complexity index is 869. The Morgan fingerprint density at radius 1 is 1.00 bits per heavy atom. The quantitative estimate of drug-likeness (QED) is 0.498. The van der Waals surface area contributed by atoms with Crippen molar-refractivity contribution in [2.75, 3.05) is 0 Å². The number of amides is 1. The molecule has 0 spiro atoms. The number of rotatable bonds is 8.